The van der Waals surface area contributed by atoms with Crippen molar-refractivity contribution in [1.29, 1.82) is 0 Å². The maximum absolute atomic E-state index is 13.2. The van der Waals surface area contributed by atoms with Gasteiger partial charge in [-0.3, -0.25) is 9.69 Å². The van der Waals surface area contributed by atoms with Crippen molar-refractivity contribution >= 4 is 27.3 Å². The van der Waals surface area contributed by atoms with E-state index in [0.717, 1.165) is 25.9 Å². The number of likely N-dealkylation sites (tertiary alicyclic amines) is 1. The molecule has 0 N–H and O–H groups in total. The molecule has 1 saturated carbocycles. The molecule has 1 aliphatic carbocycles. The molecular formula is C21H28N2OS. The average Bonchev–Trinajstić information content (AvgIpc) is 3.34. The summed E-state index contributed by atoms with van der Waals surface area (Å²) in [5, 5.41) is 3.36. The molecule has 1 aromatic heterocycles. The molecule has 0 spiro atoms. The molecule has 2 heterocycles. The molecule has 4 rings (SSSR count). The highest BCUT2D eigenvalue weighted by atomic mass is 32.1. The van der Waals surface area contributed by atoms with E-state index in [1.165, 1.54) is 47.8 Å². The Labute approximate surface area is 154 Å². The van der Waals surface area contributed by atoms with E-state index >= 15 is 0 Å². The number of nitrogens with zero attached hydrogens (tertiary/aromatic N) is 2. The zero-order valence-electron chi connectivity index (χ0n) is 15.2. The van der Waals surface area contributed by atoms with Crippen molar-refractivity contribution < 1.29 is 4.79 Å². The molecule has 0 radical (unpaired) electrons. The molecule has 2 fully saturated rings. The predicted octanol–water partition coefficient (Wildman–Crippen LogP) is 4.66. The number of benzene rings is 1. The van der Waals surface area contributed by atoms with Crippen LogP contribution >= 0.6 is 11.3 Å². The van der Waals surface area contributed by atoms with Crippen molar-refractivity contribution in [1.82, 2.24) is 9.80 Å². The van der Waals surface area contributed by atoms with Crippen molar-refractivity contribution in [3.8, 4) is 0 Å². The van der Waals surface area contributed by atoms with E-state index in [0.29, 0.717) is 6.42 Å². The number of hydrogen-bond acceptors (Lipinski definition) is 3. The molecule has 1 aromatic carbocycles. The first-order valence-electron chi connectivity index (χ1n) is 9.67. The molecule has 2 aliphatic rings. The summed E-state index contributed by atoms with van der Waals surface area (Å²) in [5.41, 5.74) is 1.14. The minimum Gasteiger partial charge on any atom is -0.327 e. The van der Waals surface area contributed by atoms with Crippen LogP contribution in [0.15, 0.2) is 29.6 Å². The van der Waals surface area contributed by atoms with Gasteiger partial charge in [0.2, 0.25) is 5.91 Å². The highest BCUT2D eigenvalue weighted by Gasteiger charge is 2.44. The number of thiophene rings is 1. The Kier molecular flexibility index (Phi) is 4.83. The first kappa shape index (κ1) is 17.0. The van der Waals surface area contributed by atoms with E-state index in [4.69, 9.17) is 0 Å². The second kappa shape index (κ2) is 7.08. The van der Waals surface area contributed by atoms with Gasteiger partial charge in [0, 0.05) is 24.8 Å². The van der Waals surface area contributed by atoms with Gasteiger partial charge in [-0.2, -0.15) is 0 Å². The molecule has 25 heavy (non-hydrogen) atoms. The zero-order valence-corrected chi connectivity index (χ0v) is 16.0. The van der Waals surface area contributed by atoms with E-state index in [1.807, 2.05) is 0 Å². The summed E-state index contributed by atoms with van der Waals surface area (Å²) in [6.07, 6.45) is 9.14. The SMILES string of the molecule is CN(C(=O)Cc1cccc2sccc12)C1(N2CCCC2)CCCCC1. The lowest BCUT2D eigenvalue weighted by Gasteiger charge is -2.50. The highest BCUT2D eigenvalue weighted by Crippen LogP contribution is 2.38. The van der Waals surface area contributed by atoms with Crippen molar-refractivity contribution in [3.05, 3.63) is 35.2 Å². The molecule has 2 aromatic rings. The minimum atomic E-state index is -0.0334. The number of amides is 1. The van der Waals surface area contributed by atoms with Gasteiger partial charge in [-0.1, -0.05) is 18.6 Å². The summed E-state index contributed by atoms with van der Waals surface area (Å²) < 4.78 is 1.28. The zero-order chi connectivity index (χ0) is 17.3. The minimum absolute atomic E-state index is 0.0334. The van der Waals surface area contributed by atoms with Crippen LogP contribution in [-0.4, -0.2) is 41.5 Å². The maximum atomic E-state index is 13.2. The van der Waals surface area contributed by atoms with E-state index in [-0.39, 0.29) is 11.6 Å². The summed E-state index contributed by atoms with van der Waals surface area (Å²) >= 11 is 1.75. The lowest BCUT2D eigenvalue weighted by Crippen LogP contribution is -2.61. The maximum Gasteiger partial charge on any atom is 0.228 e. The van der Waals surface area contributed by atoms with Gasteiger partial charge in [0.1, 0.15) is 0 Å². The molecule has 134 valence electrons. The first-order valence-corrected chi connectivity index (χ1v) is 10.6. The third kappa shape index (κ3) is 3.11. The van der Waals surface area contributed by atoms with Crippen LogP contribution in [0.25, 0.3) is 10.1 Å². The number of rotatable bonds is 4. The summed E-state index contributed by atoms with van der Waals surface area (Å²) in [5.74, 6) is 0.271. The molecule has 4 heteroatoms. The second-order valence-electron chi connectivity index (χ2n) is 7.62. The van der Waals surface area contributed by atoms with Crippen LogP contribution in [0.4, 0.5) is 0 Å². The quantitative estimate of drug-likeness (QED) is 0.795. The molecule has 3 nitrogen and oxygen atoms in total. The van der Waals surface area contributed by atoms with Crippen molar-refractivity contribution in [2.45, 2.75) is 57.0 Å². The molecule has 1 amide bonds. The van der Waals surface area contributed by atoms with Crippen LogP contribution in [0.1, 0.15) is 50.5 Å². The Hall–Kier alpha value is -1.39. The van der Waals surface area contributed by atoms with E-state index in [2.05, 4.69) is 46.5 Å². The van der Waals surface area contributed by atoms with Crippen molar-refractivity contribution in [3.63, 3.8) is 0 Å². The van der Waals surface area contributed by atoms with Crippen LogP contribution < -0.4 is 0 Å². The normalized spacial score (nSPS) is 20.8. The van der Waals surface area contributed by atoms with Gasteiger partial charge in [0.15, 0.2) is 0 Å². The summed E-state index contributed by atoms with van der Waals surface area (Å²) in [6.45, 7) is 2.30. The molecular weight excluding hydrogens is 328 g/mol. The van der Waals surface area contributed by atoms with Gasteiger partial charge in [-0.15, -0.1) is 11.3 Å². The fraction of sp³-hybridized carbons (Fsp3) is 0.571. The number of carbonyl (C=O) groups excluding carboxylic acids is 1. The Morgan fingerprint density at radius 1 is 1.12 bits per heavy atom. The fourth-order valence-electron chi connectivity index (χ4n) is 4.84. The lowest BCUT2D eigenvalue weighted by molar-refractivity contribution is -0.147. The van der Waals surface area contributed by atoms with Crippen molar-refractivity contribution in [2.24, 2.45) is 0 Å². The summed E-state index contributed by atoms with van der Waals surface area (Å²) in [6, 6.07) is 8.49. The van der Waals surface area contributed by atoms with Gasteiger partial charge < -0.3 is 4.90 Å². The van der Waals surface area contributed by atoms with Gasteiger partial charge in [-0.25, -0.2) is 0 Å². The number of carbonyl (C=O) groups is 1. The molecule has 0 bridgehead atoms. The molecule has 0 unspecified atom stereocenters. The monoisotopic (exact) mass is 356 g/mol. The average molecular weight is 357 g/mol. The number of likely N-dealkylation sites (N-methyl/N-ethyl adjacent to an activating group) is 1. The van der Waals surface area contributed by atoms with Gasteiger partial charge >= 0.3 is 0 Å². The summed E-state index contributed by atoms with van der Waals surface area (Å²) in [7, 11) is 2.06. The topological polar surface area (TPSA) is 23.6 Å². The van der Waals surface area contributed by atoms with Crippen LogP contribution in [0.2, 0.25) is 0 Å². The van der Waals surface area contributed by atoms with E-state index in [9.17, 15) is 4.79 Å². The molecule has 1 aliphatic heterocycles. The first-order chi connectivity index (χ1) is 12.2. The smallest absolute Gasteiger partial charge is 0.228 e. The number of fused-ring (bicyclic) bond motifs is 1. The third-order valence-electron chi connectivity index (χ3n) is 6.28. The van der Waals surface area contributed by atoms with Gasteiger partial charge in [-0.05, 0) is 67.0 Å². The third-order valence-corrected chi connectivity index (χ3v) is 7.16. The Balaban J connectivity index is 1.58. The Morgan fingerprint density at radius 3 is 2.64 bits per heavy atom. The van der Waals surface area contributed by atoms with E-state index < -0.39 is 0 Å². The molecule has 1 saturated heterocycles. The van der Waals surface area contributed by atoms with Crippen LogP contribution in [0, 0.1) is 0 Å². The summed E-state index contributed by atoms with van der Waals surface area (Å²) in [4.78, 5) is 18.0. The Morgan fingerprint density at radius 2 is 1.88 bits per heavy atom. The standard InChI is InChI=1S/C21H28N2OS/c1-22(21(11-3-2-4-12-21)23-13-5-6-14-23)20(24)16-17-8-7-9-19-18(17)10-15-25-19/h7-10,15H,2-6,11-14,16H2,1H3. The van der Waals surface area contributed by atoms with E-state index in [1.54, 1.807) is 11.3 Å². The van der Waals surface area contributed by atoms with Gasteiger partial charge in [0.25, 0.3) is 0 Å². The lowest BCUT2D eigenvalue weighted by atomic mass is 9.86. The molecule has 0 atom stereocenters. The largest absolute Gasteiger partial charge is 0.327 e. The Bertz CT molecular complexity index is 741. The number of hydrogen-bond donors (Lipinski definition) is 0. The highest BCUT2D eigenvalue weighted by molar-refractivity contribution is 7.17. The predicted molar refractivity (Wildman–Crippen MR) is 105 cm³/mol. The van der Waals surface area contributed by atoms with Gasteiger partial charge in [0.05, 0.1) is 12.1 Å². The van der Waals surface area contributed by atoms with Crippen molar-refractivity contribution in [2.75, 3.05) is 20.1 Å². The second-order valence-corrected chi connectivity index (χ2v) is 8.56. The van der Waals surface area contributed by atoms with Crippen LogP contribution in [-0.2, 0) is 11.2 Å². The van der Waals surface area contributed by atoms with Crippen LogP contribution in [0.3, 0.4) is 0 Å². The van der Waals surface area contributed by atoms with Crippen LogP contribution in [0.5, 0.6) is 0 Å². The fourth-order valence-corrected chi connectivity index (χ4v) is 5.67.